The number of nitro groups is 1. The van der Waals surface area contributed by atoms with Crippen LogP contribution >= 0.6 is 22.6 Å². The fourth-order valence-corrected chi connectivity index (χ4v) is 1.62. The van der Waals surface area contributed by atoms with Crippen LogP contribution in [0.2, 0.25) is 0 Å². The van der Waals surface area contributed by atoms with Crippen molar-refractivity contribution < 1.29 is 14.8 Å². The van der Waals surface area contributed by atoms with Gasteiger partial charge in [0, 0.05) is 6.08 Å². The second-order valence-corrected chi connectivity index (χ2v) is 3.82. The lowest BCUT2D eigenvalue weighted by molar-refractivity contribution is -0.400. The molecule has 0 heterocycles. The first kappa shape index (κ1) is 11.8. The Bertz CT molecular complexity index is 417. The van der Waals surface area contributed by atoms with E-state index in [1.807, 2.05) is 22.6 Å². The van der Waals surface area contributed by atoms with Crippen LogP contribution in [0.1, 0.15) is 5.56 Å². The maximum Gasteiger partial charge on any atom is 0.235 e. The first-order valence-corrected chi connectivity index (χ1v) is 5.00. The zero-order valence-corrected chi connectivity index (χ0v) is 9.96. The lowest BCUT2D eigenvalue weighted by Gasteiger charge is -2.05. The minimum Gasteiger partial charge on any atom is -0.504 e. The van der Waals surface area contributed by atoms with E-state index in [1.54, 1.807) is 6.07 Å². The maximum absolute atomic E-state index is 10.1. The van der Waals surface area contributed by atoms with Crippen molar-refractivity contribution in [3.63, 3.8) is 0 Å². The molecule has 1 aromatic carbocycles. The zero-order chi connectivity index (χ0) is 11.4. The largest absolute Gasteiger partial charge is 0.504 e. The van der Waals surface area contributed by atoms with E-state index < -0.39 is 4.92 Å². The van der Waals surface area contributed by atoms with Crippen LogP contribution in [-0.2, 0) is 0 Å². The second kappa shape index (κ2) is 4.96. The van der Waals surface area contributed by atoms with E-state index in [9.17, 15) is 15.2 Å². The Morgan fingerprint density at radius 1 is 1.60 bits per heavy atom. The van der Waals surface area contributed by atoms with Crippen LogP contribution in [0.4, 0.5) is 0 Å². The number of ether oxygens (including phenoxy) is 1. The Hall–Kier alpha value is -1.31. The van der Waals surface area contributed by atoms with Gasteiger partial charge >= 0.3 is 0 Å². The Morgan fingerprint density at radius 2 is 2.27 bits per heavy atom. The highest BCUT2D eigenvalue weighted by atomic mass is 127. The standard InChI is InChI=1S/C9H8INO4/c1-15-8-5-6(2-3-11(13)14)4-7(10)9(8)12/h2-5,12H,1H3. The third kappa shape index (κ3) is 3.08. The predicted molar refractivity (Wildman–Crippen MR) is 63.4 cm³/mol. The lowest BCUT2D eigenvalue weighted by Crippen LogP contribution is -1.88. The summed E-state index contributed by atoms with van der Waals surface area (Å²) in [6.45, 7) is 0. The molecule has 0 aliphatic carbocycles. The van der Waals surface area contributed by atoms with Gasteiger partial charge in [-0.25, -0.2) is 0 Å². The van der Waals surface area contributed by atoms with Crippen LogP contribution in [0.15, 0.2) is 18.3 Å². The fraction of sp³-hybridized carbons (Fsp3) is 0.111. The van der Waals surface area contributed by atoms with E-state index in [0.29, 0.717) is 14.9 Å². The Morgan fingerprint density at radius 3 is 2.80 bits per heavy atom. The summed E-state index contributed by atoms with van der Waals surface area (Å²) < 4.78 is 5.49. The van der Waals surface area contributed by atoms with Gasteiger partial charge in [-0.05, 0) is 40.3 Å². The van der Waals surface area contributed by atoms with Crippen LogP contribution in [-0.4, -0.2) is 17.1 Å². The van der Waals surface area contributed by atoms with E-state index in [2.05, 4.69) is 0 Å². The van der Waals surface area contributed by atoms with Crippen molar-refractivity contribution in [2.45, 2.75) is 0 Å². The van der Waals surface area contributed by atoms with Crippen molar-refractivity contribution in [3.05, 3.63) is 37.6 Å². The van der Waals surface area contributed by atoms with E-state index in [1.165, 1.54) is 19.3 Å². The Balaban J connectivity index is 3.11. The molecule has 0 bridgehead atoms. The third-order valence-electron chi connectivity index (χ3n) is 1.66. The van der Waals surface area contributed by atoms with Crippen LogP contribution < -0.4 is 4.74 Å². The van der Waals surface area contributed by atoms with Gasteiger partial charge in [0.25, 0.3) is 0 Å². The lowest BCUT2D eigenvalue weighted by atomic mass is 10.2. The molecule has 1 rings (SSSR count). The average Bonchev–Trinajstić information content (AvgIpc) is 2.19. The topological polar surface area (TPSA) is 72.6 Å². The Labute approximate surface area is 99.7 Å². The van der Waals surface area contributed by atoms with Gasteiger partial charge in [-0.15, -0.1) is 0 Å². The monoisotopic (exact) mass is 321 g/mol. The van der Waals surface area contributed by atoms with E-state index in [-0.39, 0.29) is 5.75 Å². The van der Waals surface area contributed by atoms with Crippen molar-refractivity contribution in [2.75, 3.05) is 7.11 Å². The van der Waals surface area contributed by atoms with Gasteiger partial charge in [0.1, 0.15) is 0 Å². The molecule has 0 aliphatic rings. The molecular weight excluding hydrogens is 313 g/mol. The normalized spacial score (nSPS) is 10.5. The first-order valence-electron chi connectivity index (χ1n) is 3.93. The van der Waals surface area contributed by atoms with Crippen molar-refractivity contribution in [3.8, 4) is 11.5 Å². The van der Waals surface area contributed by atoms with Crippen LogP contribution in [0, 0.1) is 13.7 Å². The van der Waals surface area contributed by atoms with E-state index in [4.69, 9.17) is 4.74 Å². The first-order chi connectivity index (χ1) is 7.04. The predicted octanol–water partition coefficient (Wildman–Crippen LogP) is 2.25. The molecule has 0 atom stereocenters. The molecule has 0 unspecified atom stereocenters. The van der Waals surface area contributed by atoms with Gasteiger partial charge in [-0.1, -0.05) is 0 Å². The number of rotatable bonds is 3. The molecule has 0 saturated carbocycles. The van der Waals surface area contributed by atoms with Crippen molar-refractivity contribution >= 4 is 28.7 Å². The number of phenolic OH excluding ortho intramolecular Hbond substituents is 1. The molecule has 15 heavy (non-hydrogen) atoms. The summed E-state index contributed by atoms with van der Waals surface area (Å²) in [4.78, 5) is 9.57. The summed E-state index contributed by atoms with van der Waals surface area (Å²) in [6, 6.07) is 3.15. The van der Waals surface area contributed by atoms with E-state index >= 15 is 0 Å². The van der Waals surface area contributed by atoms with Gasteiger partial charge in [-0.2, -0.15) is 0 Å². The molecule has 80 valence electrons. The van der Waals surface area contributed by atoms with Gasteiger partial charge in [0.15, 0.2) is 11.5 Å². The van der Waals surface area contributed by atoms with Gasteiger partial charge in [-0.3, -0.25) is 10.1 Å². The number of hydrogen-bond donors (Lipinski definition) is 1. The van der Waals surface area contributed by atoms with Crippen molar-refractivity contribution in [1.82, 2.24) is 0 Å². The zero-order valence-electron chi connectivity index (χ0n) is 7.81. The van der Waals surface area contributed by atoms with Gasteiger partial charge in [0.2, 0.25) is 6.20 Å². The minimum atomic E-state index is -0.549. The molecule has 0 fully saturated rings. The maximum atomic E-state index is 10.1. The SMILES string of the molecule is COc1cc(C=C[N+](=O)[O-])cc(I)c1O. The molecule has 1 aromatic rings. The minimum absolute atomic E-state index is 0.0383. The summed E-state index contributed by atoms with van der Waals surface area (Å²) in [5, 5.41) is 19.6. The average molecular weight is 321 g/mol. The summed E-state index contributed by atoms with van der Waals surface area (Å²) in [6.07, 6.45) is 2.17. The number of phenols is 1. The summed E-state index contributed by atoms with van der Waals surface area (Å²) >= 11 is 1.92. The molecule has 0 radical (unpaired) electrons. The van der Waals surface area contributed by atoms with Crippen LogP contribution in [0.3, 0.4) is 0 Å². The summed E-state index contributed by atoms with van der Waals surface area (Å²) in [5.41, 5.74) is 0.603. The molecule has 0 aliphatic heterocycles. The molecule has 0 spiro atoms. The molecule has 0 amide bonds. The number of halogens is 1. The number of nitrogens with zero attached hydrogens (tertiary/aromatic N) is 1. The highest BCUT2D eigenvalue weighted by Crippen LogP contribution is 2.32. The highest BCUT2D eigenvalue weighted by molar-refractivity contribution is 14.1. The Kier molecular flexibility index (Phi) is 3.89. The molecule has 0 saturated heterocycles. The number of methoxy groups -OCH3 is 1. The molecule has 0 aromatic heterocycles. The number of benzene rings is 1. The van der Waals surface area contributed by atoms with Gasteiger partial charge < -0.3 is 9.84 Å². The van der Waals surface area contributed by atoms with Crippen LogP contribution in [0.5, 0.6) is 11.5 Å². The highest BCUT2D eigenvalue weighted by Gasteiger charge is 2.07. The summed E-state index contributed by atoms with van der Waals surface area (Å²) in [5.74, 6) is 0.334. The van der Waals surface area contributed by atoms with Crippen molar-refractivity contribution in [2.24, 2.45) is 0 Å². The van der Waals surface area contributed by atoms with Crippen LogP contribution in [0.25, 0.3) is 6.08 Å². The molecule has 5 nitrogen and oxygen atoms in total. The number of hydrogen-bond acceptors (Lipinski definition) is 4. The van der Waals surface area contributed by atoms with Gasteiger partial charge in [0.05, 0.1) is 15.6 Å². The molecule has 1 N–H and O–H groups in total. The van der Waals surface area contributed by atoms with E-state index in [0.717, 1.165) is 6.20 Å². The second-order valence-electron chi connectivity index (χ2n) is 2.65. The smallest absolute Gasteiger partial charge is 0.235 e. The third-order valence-corrected chi connectivity index (χ3v) is 2.48. The quantitative estimate of drug-likeness (QED) is 0.526. The fourth-order valence-electron chi connectivity index (χ4n) is 0.993. The summed E-state index contributed by atoms with van der Waals surface area (Å²) in [7, 11) is 1.42. The number of aromatic hydroxyl groups is 1. The molecule has 6 heteroatoms. The molecular formula is C9H8INO4. The van der Waals surface area contributed by atoms with Crippen molar-refractivity contribution in [1.29, 1.82) is 0 Å².